The summed E-state index contributed by atoms with van der Waals surface area (Å²) >= 11 is 0. The molecule has 68 heavy (non-hydrogen) atoms. The van der Waals surface area contributed by atoms with Crippen LogP contribution in [0, 0.1) is 0 Å². The summed E-state index contributed by atoms with van der Waals surface area (Å²) in [4.78, 5) is 2.38. The van der Waals surface area contributed by atoms with Crippen LogP contribution in [0.4, 0.5) is 17.1 Å². The van der Waals surface area contributed by atoms with Gasteiger partial charge in [-0.05, 0) is 131 Å². The Bertz CT molecular complexity index is 4180. The molecule has 0 atom stereocenters. The standard InChI is InChI=1S/C62H41N3O.C2H6/c1-3-17-43(18-4-1)64-57-25-13-11-22-49(57)54-36-42(28-33-59(54)64)53-39-56-51-32-30-47(38-61(51)66-62(56)52-24-10-9-21-48(52)53)63(45-29-27-40-15-7-8-16-41(40)35-45)46-31-34-60-55(37-46)50-23-12-14-26-58(50)65(60)44-19-5-2-6-20-44;1-2/h1-3,5-17,19-39H,4,18H2;1-2H3. The highest BCUT2D eigenvalue weighted by atomic mass is 16.3. The van der Waals surface area contributed by atoms with Gasteiger partial charge in [0.15, 0.2) is 0 Å². The van der Waals surface area contributed by atoms with Crippen LogP contribution in [0.2, 0.25) is 0 Å². The number of fused-ring (bicyclic) bond motifs is 12. The van der Waals surface area contributed by atoms with Crippen LogP contribution in [-0.2, 0) is 0 Å². The lowest BCUT2D eigenvalue weighted by Gasteiger charge is -2.26. The summed E-state index contributed by atoms with van der Waals surface area (Å²) in [5, 5.41) is 11.8. The molecule has 0 amide bonds. The molecule has 0 fully saturated rings. The first-order chi connectivity index (χ1) is 33.7. The van der Waals surface area contributed by atoms with Crippen LogP contribution in [0.5, 0.6) is 0 Å². The molecule has 4 nitrogen and oxygen atoms in total. The molecule has 4 heteroatoms. The second kappa shape index (κ2) is 16.1. The zero-order valence-electron chi connectivity index (χ0n) is 38.0. The monoisotopic (exact) mass is 873 g/mol. The third kappa shape index (κ3) is 6.22. The maximum atomic E-state index is 7.02. The minimum Gasteiger partial charge on any atom is -0.455 e. The quantitative estimate of drug-likeness (QED) is 0.166. The smallest absolute Gasteiger partial charge is 0.143 e. The number of aromatic nitrogens is 2. The molecule has 1 aliphatic rings. The summed E-state index contributed by atoms with van der Waals surface area (Å²) in [5.41, 5.74) is 14.7. The Hall–Kier alpha value is -8.60. The number of hydrogen-bond donors (Lipinski definition) is 0. The predicted molar refractivity (Wildman–Crippen MR) is 290 cm³/mol. The van der Waals surface area contributed by atoms with Gasteiger partial charge in [-0.1, -0.05) is 141 Å². The SMILES string of the molecule is C1=CCCC(n2c3ccccc3c3cc(-c4cc5c6ccc(N(c7ccc8ccccc8c7)c7ccc8c(c7)c7ccccc7n8-c7ccccc7)cc6oc5c5ccccc45)ccc32)=C1.CC. The zero-order chi connectivity index (χ0) is 45.3. The van der Waals surface area contributed by atoms with Crippen molar-refractivity contribution in [3.8, 4) is 16.8 Å². The summed E-state index contributed by atoms with van der Waals surface area (Å²) in [6, 6.07) is 75.3. The Kier molecular flexibility index (Phi) is 9.40. The topological polar surface area (TPSA) is 26.2 Å². The van der Waals surface area contributed by atoms with E-state index in [1.807, 2.05) is 13.8 Å². The van der Waals surface area contributed by atoms with Crippen molar-refractivity contribution < 1.29 is 4.42 Å². The van der Waals surface area contributed by atoms with Gasteiger partial charge in [0.25, 0.3) is 0 Å². The molecule has 0 spiro atoms. The first-order valence-corrected chi connectivity index (χ1v) is 23.9. The summed E-state index contributed by atoms with van der Waals surface area (Å²) in [6.45, 7) is 4.00. The lowest BCUT2D eigenvalue weighted by Crippen LogP contribution is -2.10. The number of benzene rings is 10. The summed E-state index contributed by atoms with van der Waals surface area (Å²) < 4.78 is 11.9. The summed E-state index contributed by atoms with van der Waals surface area (Å²) in [6.07, 6.45) is 8.80. The molecule has 0 bridgehead atoms. The van der Waals surface area contributed by atoms with Gasteiger partial charge < -0.3 is 18.5 Å². The van der Waals surface area contributed by atoms with Crippen LogP contribution >= 0.6 is 0 Å². The Balaban J connectivity index is 0.00000226. The van der Waals surface area contributed by atoms with Crippen LogP contribution in [0.25, 0.3) is 110 Å². The fourth-order valence-electron chi connectivity index (χ4n) is 10.9. The molecule has 3 aromatic heterocycles. The van der Waals surface area contributed by atoms with Gasteiger partial charge in [0.2, 0.25) is 0 Å². The third-order valence-corrected chi connectivity index (χ3v) is 13.9. The molecule has 0 unspecified atom stereocenters. The van der Waals surface area contributed by atoms with Gasteiger partial charge in [-0.15, -0.1) is 0 Å². The van der Waals surface area contributed by atoms with E-state index in [0.717, 1.165) is 62.9 Å². The highest BCUT2D eigenvalue weighted by Crippen LogP contribution is 2.45. The van der Waals surface area contributed by atoms with Crippen molar-refractivity contribution in [1.29, 1.82) is 0 Å². The van der Waals surface area contributed by atoms with Crippen molar-refractivity contribution in [2.24, 2.45) is 0 Å². The van der Waals surface area contributed by atoms with Gasteiger partial charge >= 0.3 is 0 Å². The molecule has 3 heterocycles. The van der Waals surface area contributed by atoms with Gasteiger partial charge in [0, 0.05) is 72.2 Å². The molecule has 0 saturated heterocycles. The number of nitrogens with zero attached hydrogens (tertiary/aromatic N) is 3. The lowest BCUT2D eigenvalue weighted by molar-refractivity contribution is 0.673. The molecule has 0 aliphatic heterocycles. The van der Waals surface area contributed by atoms with Gasteiger partial charge in [-0.2, -0.15) is 0 Å². The van der Waals surface area contributed by atoms with Crippen molar-refractivity contribution in [3.63, 3.8) is 0 Å². The zero-order valence-corrected chi connectivity index (χ0v) is 38.0. The van der Waals surface area contributed by atoms with Gasteiger partial charge in [0.1, 0.15) is 11.2 Å². The fraction of sp³-hybridized carbons (Fsp3) is 0.0625. The average Bonchev–Trinajstić information content (AvgIpc) is 4.07. The third-order valence-electron chi connectivity index (χ3n) is 13.9. The number of hydrogen-bond acceptors (Lipinski definition) is 2. The van der Waals surface area contributed by atoms with Crippen LogP contribution < -0.4 is 4.90 Å². The van der Waals surface area contributed by atoms with Gasteiger partial charge in [-0.25, -0.2) is 0 Å². The van der Waals surface area contributed by atoms with Crippen molar-refractivity contribution >= 4 is 110 Å². The highest BCUT2D eigenvalue weighted by Gasteiger charge is 2.22. The molecule has 14 rings (SSSR count). The largest absolute Gasteiger partial charge is 0.455 e. The Morgan fingerprint density at radius 3 is 1.82 bits per heavy atom. The summed E-state index contributed by atoms with van der Waals surface area (Å²) in [5.74, 6) is 0. The van der Waals surface area contributed by atoms with Crippen molar-refractivity contribution in [2.45, 2.75) is 26.7 Å². The Labute approximate surface area is 394 Å². The Morgan fingerprint density at radius 1 is 0.426 bits per heavy atom. The van der Waals surface area contributed by atoms with E-state index in [9.17, 15) is 0 Å². The van der Waals surface area contributed by atoms with E-state index in [1.165, 1.54) is 76.6 Å². The molecule has 0 radical (unpaired) electrons. The first-order valence-electron chi connectivity index (χ1n) is 23.9. The maximum Gasteiger partial charge on any atom is 0.143 e. The minimum atomic E-state index is 0.852. The van der Waals surface area contributed by atoms with Crippen LogP contribution in [0.3, 0.4) is 0 Å². The molecular formula is C64H47N3O. The maximum absolute atomic E-state index is 7.02. The first kappa shape index (κ1) is 39.7. The molecule has 13 aromatic rings. The predicted octanol–water partition coefficient (Wildman–Crippen LogP) is 18.5. The average molecular weight is 874 g/mol. The van der Waals surface area contributed by atoms with Crippen LogP contribution in [0.1, 0.15) is 26.7 Å². The number of anilines is 3. The van der Waals surface area contributed by atoms with Crippen molar-refractivity contribution in [2.75, 3.05) is 4.90 Å². The molecule has 0 saturated carbocycles. The highest BCUT2D eigenvalue weighted by molar-refractivity contribution is 6.20. The molecule has 10 aromatic carbocycles. The van der Waals surface area contributed by atoms with E-state index >= 15 is 0 Å². The van der Waals surface area contributed by atoms with E-state index in [0.29, 0.717) is 0 Å². The summed E-state index contributed by atoms with van der Waals surface area (Å²) in [7, 11) is 0. The molecule has 1 aliphatic carbocycles. The fourth-order valence-corrected chi connectivity index (χ4v) is 10.9. The minimum absolute atomic E-state index is 0.852. The van der Waals surface area contributed by atoms with Gasteiger partial charge in [-0.3, -0.25) is 0 Å². The number of para-hydroxylation sites is 3. The van der Waals surface area contributed by atoms with Crippen molar-refractivity contribution in [3.05, 3.63) is 224 Å². The number of rotatable bonds is 6. The Morgan fingerprint density at radius 2 is 1.03 bits per heavy atom. The van der Waals surface area contributed by atoms with E-state index < -0.39 is 0 Å². The normalized spacial score (nSPS) is 12.8. The second-order valence-electron chi connectivity index (χ2n) is 17.6. The second-order valence-corrected chi connectivity index (χ2v) is 17.6. The molecular weight excluding hydrogens is 827 g/mol. The number of allylic oxidation sites excluding steroid dienone is 4. The van der Waals surface area contributed by atoms with Gasteiger partial charge in [0.05, 0.1) is 22.1 Å². The van der Waals surface area contributed by atoms with Crippen LogP contribution in [-0.4, -0.2) is 9.13 Å². The molecule has 0 N–H and O–H groups in total. The van der Waals surface area contributed by atoms with Crippen molar-refractivity contribution in [1.82, 2.24) is 9.13 Å². The number of furan rings is 1. The van der Waals surface area contributed by atoms with E-state index in [1.54, 1.807) is 0 Å². The van der Waals surface area contributed by atoms with E-state index in [-0.39, 0.29) is 0 Å². The van der Waals surface area contributed by atoms with E-state index in [4.69, 9.17) is 4.42 Å². The van der Waals surface area contributed by atoms with Crippen LogP contribution in [0.15, 0.2) is 229 Å². The molecule has 324 valence electrons. The van der Waals surface area contributed by atoms with E-state index in [2.05, 4.69) is 239 Å². The lowest BCUT2D eigenvalue weighted by atomic mass is 9.94.